The fourth-order valence-corrected chi connectivity index (χ4v) is 3.42. The Kier molecular flexibility index (Phi) is 3.36. The number of imidazole rings is 1. The molecule has 1 aliphatic rings. The van der Waals surface area contributed by atoms with Gasteiger partial charge in [0.1, 0.15) is 5.69 Å². The van der Waals surface area contributed by atoms with E-state index in [0.29, 0.717) is 11.7 Å². The predicted molar refractivity (Wildman–Crippen MR) is 70.3 cm³/mol. The standard InChI is InChI=1S/C12H16N4OS/c1-16-8-13-7-10(16)12-14-11(17-15-12)6-9-2-4-18-5-3-9/h7-9H,2-6H2,1H3. The van der Waals surface area contributed by atoms with Gasteiger partial charge in [-0.1, -0.05) is 5.16 Å². The number of rotatable bonds is 3. The lowest BCUT2D eigenvalue weighted by Crippen LogP contribution is -2.12. The summed E-state index contributed by atoms with van der Waals surface area (Å²) in [6, 6.07) is 0. The van der Waals surface area contributed by atoms with Crippen LogP contribution < -0.4 is 0 Å². The lowest BCUT2D eigenvalue weighted by Gasteiger charge is -2.19. The third-order valence-corrected chi connectivity index (χ3v) is 4.37. The maximum absolute atomic E-state index is 5.34. The van der Waals surface area contributed by atoms with E-state index < -0.39 is 0 Å². The number of aromatic nitrogens is 4. The Bertz CT molecular complexity index is 516. The van der Waals surface area contributed by atoms with Crippen LogP contribution in [0.1, 0.15) is 18.7 Å². The molecule has 0 atom stereocenters. The highest BCUT2D eigenvalue weighted by Gasteiger charge is 2.18. The Labute approximate surface area is 110 Å². The first kappa shape index (κ1) is 11.8. The van der Waals surface area contributed by atoms with E-state index in [2.05, 4.69) is 15.1 Å². The van der Waals surface area contributed by atoms with Crippen LogP contribution >= 0.6 is 11.8 Å². The second kappa shape index (κ2) is 5.14. The molecule has 0 aliphatic carbocycles. The minimum absolute atomic E-state index is 0.634. The molecule has 0 N–H and O–H groups in total. The highest BCUT2D eigenvalue weighted by Crippen LogP contribution is 2.26. The third kappa shape index (κ3) is 2.43. The zero-order valence-corrected chi connectivity index (χ0v) is 11.2. The molecule has 2 aromatic rings. The Morgan fingerprint density at radius 1 is 1.44 bits per heavy atom. The van der Waals surface area contributed by atoms with Crippen molar-refractivity contribution in [2.24, 2.45) is 13.0 Å². The minimum atomic E-state index is 0.634. The third-order valence-electron chi connectivity index (χ3n) is 3.32. The van der Waals surface area contributed by atoms with Crippen molar-refractivity contribution in [3.63, 3.8) is 0 Å². The van der Waals surface area contributed by atoms with E-state index in [4.69, 9.17) is 4.52 Å². The Hall–Kier alpha value is -1.30. The van der Waals surface area contributed by atoms with Gasteiger partial charge in [0.2, 0.25) is 11.7 Å². The van der Waals surface area contributed by atoms with Crippen LogP contribution in [0.2, 0.25) is 0 Å². The van der Waals surface area contributed by atoms with E-state index in [1.54, 1.807) is 12.5 Å². The fraction of sp³-hybridized carbons (Fsp3) is 0.583. The van der Waals surface area contributed by atoms with Crippen molar-refractivity contribution in [2.45, 2.75) is 19.3 Å². The Balaban J connectivity index is 1.71. The average Bonchev–Trinajstić information content (AvgIpc) is 2.99. The van der Waals surface area contributed by atoms with Crippen molar-refractivity contribution in [2.75, 3.05) is 11.5 Å². The van der Waals surface area contributed by atoms with Crippen molar-refractivity contribution < 1.29 is 4.52 Å². The van der Waals surface area contributed by atoms with Gasteiger partial charge in [0, 0.05) is 13.5 Å². The molecule has 0 bridgehead atoms. The van der Waals surface area contributed by atoms with E-state index in [9.17, 15) is 0 Å². The smallest absolute Gasteiger partial charge is 0.227 e. The molecule has 2 aromatic heterocycles. The SMILES string of the molecule is Cn1cncc1-c1noc(CC2CCSCC2)n1. The summed E-state index contributed by atoms with van der Waals surface area (Å²) in [6.07, 6.45) is 6.92. The number of aryl methyl sites for hydroxylation is 1. The van der Waals surface area contributed by atoms with Gasteiger partial charge in [-0.15, -0.1) is 0 Å². The molecular weight excluding hydrogens is 248 g/mol. The molecule has 6 heteroatoms. The molecule has 0 aromatic carbocycles. The van der Waals surface area contributed by atoms with Crippen molar-refractivity contribution in [1.29, 1.82) is 0 Å². The molecular formula is C12H16N4OS. The van der Waals surface area contributed by atoms with E-state index in [1.807, 2.05) is 23.4 Å². The number of hydrogen-bond acceptors (Lipinski definition) is 5. The molecule has 1 aliphatic heterocycles. The molecule has 0 unspecified atom stereocenters. The average molecular weight is 264 g/mol. The number of hydrogen-bond donors (Lipinski definition) is 0. The highest BCUT2D eigenvalue weighted by molar-refractivity contribution is 7.99. The van der Waals surface area contributed by atoms with Gasteiger partial charge in [0.15, 0.2) is 0 Å². The molecule has 3 heterocycles. The Morgan fingerprint density at radius 3 is 3.00 bits per heavy atom. The monoisotopic (exact) mass is 264 g/mol. The van der Waals surface area contributed by atoms with Crippen LogP contribution in [0.5, 0.6) is 0 Å². The van der Waals surface area contributed by atoms with Crippen molar-refractivity contribution in [1.82, 2.24) is 19.7 Å². The maximum atomic E-state index is 5.34. The van der Waals surface area contributed by atoms with Gasteiger partial charge in [-0.2, -0.15) is 16.7 Å². The summed E-state index contributed by atoms with van der Waals surface area (Å²) in [7, 11) is 1.93. The molecule has 3 rings (SSSR count). The predicted octanol–water partition coefficient (Wildman–Crippen LogP) is 2.16. The molecule has 5 nitrogen and oxygen atoms in total. The molecule has 18 heavy (non-hydrogen) atoms. The van der Waals surface area contributed by atoms with Gasteiger partial charge in [-0.3, -0.25) is 0 Å². The van der Waals surface area contributed by atoms with Crippen LogP contribution in [0.4, 0.5) is 0 Å². The van der Waals surface area contributed by atoms with Crippen LogP contribution in [-0.2, 0) is 13.5 Å². The topological polar surface area (TPSA) is 56.7 Å². The molecule has 1 fully saturated rings. The van der Waals surface area contributed by atoms with Crippen LogP contribution in [0.3, 0.4) is 0 Å². The summed E-state index contributed by atoms with van der Waals surface area (Å²) in [4.78, 5) is 8.52. The van der Waals surface area contributed by atoms with Gasteiger partial charge in [-0.25, -0.2) is 4.98 Å². The van der Waals surface area contributed by atoms with Gasteiger partial charge >= 0.3 is 0 Å². The lowest BCUT2D eigenvalue weighted by atomic mass is 9.99. The van der Waals surface area contributed by atoms with E-state index in [1.165, 1.54) is 24.3 Å². The fourth-order valence-electron chi connectivity index (χ4n) is 2.21. The molecule has 96 valence electrons. The molecule has 0 radical (unpaired) electrons. The maximum Gasteiger partial charge on any atom is 0.227 e. The highest BCUT2D eigenvalue weighted by atomic mass is 32.2. The summed E-state index contributed by atoms with van der Waals surface area (Å²) < 4.78 is 7.23. The van der Waals surface area contributed by atoms with Gasteiger partial charge in [-0.05, 0) is 30.3 Å². The molecule has 0 amide bonds. The summed E-state index contributed by atoms with van der Waals surface area (Å²) >= 11 is 2.04. The first-order valence-corrected chi connectivity index (χ1v) is 7.35. The van der Waals surface area contributed by atoms with Crippen LogP contribution in [0.15, 0.2) is 17.0 Å². The molecule has 0 saturated carbocycles. The second-order valence-electron chi connectivity index (χ2n) is 4.66. The van der Waals surface area contributed by atoms with Crippen molar-refractivity contribution >= 4 is 11.8 Å². The largest absolute Gasteiger partial charge is 0.339 e. The minimum Gasteiger partial charge on any atom is -0.339 e. The van der Waals surface area contributed by atoms with Crippen molar-refractivity contribution in [3.8, 4) is 11.5 Å². The number of nitrogens with zero attached hydrogens (tertiary/aromatic N) is 4. The normalized spacial score (nSPS) is 17.2. The van der Waals surface area contributed by atoms with Crippen molar-refractivity contribution in [3.05, 3.63) is 18.4 Å². The second-order valence-corrected chi connectivity index (χ2v) is 5.89. The zero-order chi connectivity index (χ0) is 12.4. The van der Waals surface area contributed by atoms with Gasteiger partial charge in [0.05, 0.1) is 12.5 Å². The van der Waals surface area contributed by atoms with Crippen LogP contribution in [-0.4, -0.2) is 31.2 Å². The Morgan fingerprint density at radius 2 is 2.28 bits per heavy atom. The van der Waals surface area contributed by atoms with Crippen LogP contribution in [0.25, 0.3) is 11.5 Å². The summed E-state index contributed by atoms with van der Waals surface area (Å²) in [5.41, 5.74) is 0.893. The summed E-state index contributed by atoms with van der Waals surface area (Å²) in [6.45, 7) is 0. The summed E-state index contributed by atoms with van der Waals surface area (Å²) in [5.74, 6) is 4.60. The van der Waals surface area contributed by atoms with E-state index in [-0.39, 0.29) is 0 Å². The van der Waals surface area contributed by atoms with E-state index >= 15 is 0 Å². The first-order valence-electron chi connectivity index (χ1n) is 6.20. The first-order chi connectivity index (χ1) is 8.83. The van der Waals surface area contributed by atoms with Gasteiger partial charge in [0.25, 0.3) is 0 Å². The molecule has 1 saturated heterocycles. The zero-order valence-electron chi connectivity index (χ0n) is 10.4. The van der Waals surface area contributed by atoms with Crippen LogP contribution in [0, 0.1) is 5.92 Å². The number of thioether (sulfide) groups is 1. The van der Waals surface area contributed by atoms with E-state index in [0.717, 1.165) is 18.0 Å². The lowest BCUT2D eigenvalue weighted by molar-refractivity contribution is 0.344. The summed E-state index contributed by atoms with van der Waals surface area (Å²) in [5, 5.41) is 4.03. The van der Waals surface area contributed by atoms with Gasteiger partial charge < -0.3 is 9.09 Å². The molecule has 0 spiro atoms. The quantitative estimate of drug-likeness (QED) is 0.850.